The maximum atomic E-state index is 10.5. The lowest BCUT2D eigenvalue weighted by molar-refractivity contribution is -0.118. The third kappa shape index (κ3) is 3.74. The molecule has 1 aliphatic rings. The Hall–Kier alpha value is -0.610. The molecule has 1 amide bonds. The van der Waals surface area contributed by atoms with Crippen molar-refractivity contribution >= 4 is 5.91 Å². The number of hydrogen-bond donors (Lipinski definition) is 2. The molecule has 0 bridgehead atoms. The molecule has 0 aliphatic carbocycles. The van der Waals surface area contributed by atoms with Crippen LogP contribution in [0.15, 0.2) is 0 Å². The highest BCUT2D eigenvalue weighted by Crippen LogP contribution is 2.14. The van der Waals surface area contributed by atoms with Crippen molar-refractivity contribution in [2.75, 3.05) is 33.2 Å². The third-order valence-electron chi connectivity index (χ3n) is 2.54. The predicted molar refractivity (Wildman–Crippen MR) is 52.3 cm³/mol. The normalized spacial score (nSPS) is 23.6. The monoisotopic (exact) mass is 185 g/mol. The molecule has 0 spiro atoms. The Balaban J connectivity index is 2.13. The Bertz CT molecular complexity index is 172. The molecule has 1 heterocycles. The molecule has 0 aromatic heterocycles. The number of nitrogens with two attached hydrogens (primary N) is 1. The van der Waals surface area contributed by atoms with Gasteiger partial charge >= 0.3 is 0 Å². The Morgan fingerprint density at radius 3 is 3.08 bits per heavy atom. The van der Waals surface area contributed by atoms with Gasteiger partial charge in [0, 0.05) is 19.5 Å². The lowest BCUT2D eigenvalue weighted by Crippen LogP contribution is -2.28. The highest BCUT2D eigenvalue weighted by molar-refractivity contribution is 5.73. The summed E-state index contributed by atoms with van der Waals surface area (Å²) in [7, 11) is 1.98. The van der Waals surface area contributed by atoms with Gasteiger partial charge in [0.2, 0.25) is 5.91 Å². The van der Waals surface area contributed by atoms with Crippen molar-refractivity contribution in [2.24, 2.45) is 11.7 Å². The van der Waals surface area contributed by atoms with E-state index in [1.165, 1.54) is 6.42 Å². The number of nitrogens with one attached hydrogen (secondary N) is 1. The van der Waals surface area contributed by atoms with Gasteiger partial charge in [0.15, 0.2) is 0 Å². The van der Waals surface area contributed by atoms with Gasteiger partial charge in [0.25, 0.3) is 0 Å². The second kappa shape index (κ2) is 5.19. The Labute approximate surface area is 79.5 Å². The van der Waals surface area contributed by atoms with Crippen LogP contribution in [0.1, 0.15) is 12.8 Å². The van der Waals surface area contributed by atoms with Crippen LogP contribution in [0.25, 0.3) is 0 Å². The lowest BCUT2D eigenvalue weighted by atomic mass is 10.1. The van der Waals surface area contributed by atoms with Crippen LogP contribution in [0.2, 0.25) is 0 Å². The molecule has 4 heteroatoms. The van der Waals surface area contributed by atoms with Crippen LogP contribution >= 0.6 is 0 Å². The molecule has 1 fully saturated rings. The number of hydrogen-bond acceptors (Lipinski definition) is 3. The highest BCUT2D eigenvalue weighted by Gasteiger charge is 2.21. The largest absolute Gasteiger partial charge is 0.370 e. The summed E-state index contributed by atoms with van der Waals surface area (Å²) in [4.78, 5) is 12.9. The van der Waals surface area contributed by atoms with Crippen molar-refractivity contribution in [1.29, 1.82) is 0 Å². The standard InChI is InChI=1S/C9H19N3O/c1-11-6-8-2-4-12(7-8)5-3-9(10)13/h8,11H,2-7H2,1H3,(H2,10,13). The van der Waals surface area contributed by atoms with Crippen molar-refractivity contribution < 1.29 is 4.79 Å². The fourth-order valence-corrected chi connectivity index (χ4v) is 1.84. The van der Waals surface area contributed by atoms with E-state index in [2.05, 4.69) is 10.2 Å². The fraction of sp³-hybridized carbons (Fsp3) is 0.889. The third-order valence-corrected chi connectivity index (χ3v) is 2.54. The van der Waals surface area contributed by atoms with Gasteiger partial charge in [-0.25, -0.2) is 0 Å². The van der Waals surface area contributed by atoms with E-state index in [0.29, 0.717) is 6.42 Å². The van der Waals surface area contributed by atoms with Crippen LogP contribution in [0.5, 0.6) is 0 Å². The maximum Gasteiger partial charge on any atom is 0.218 e. The zero-order valence-electron chi connectivity index (χ0n) is 8.25. The number of amides is 1. The summed E-state index contributed by atoms with van der Waals surface area (Å²) in [6.45, 7) is 4.12. The first-order valence-corrected chi connectivity index (χ1v) is 4.87. The molecule has 1 atom stereocenters. The van der Waals surface area contributed by atoms with Gasteiger partial charge in [-0.15, -0.1) is 0 Å². The van der Waals surface area contributed by atoms with Gasteiger partial charge in [-0.1, -0.05) is 0 Å². The zero-order valence-corrected chi connectivity index (χ0v) is 8.25. The molecule has 3 N–H and O–H groups in total. The zero-order chi connectivity index (χ0) is 9.68. The number of carbonyl (C=O) groups is 1. The Morgan fingerprint density at radius 2 is 2.46 bits per heavy atom. The van der Waals surface area contributed by atoms with Gasteiger partial charge in [-0.05, 0) is 32.5 Å². The van der Waals surface area contributed by atoms with Crippen molar-refractivity contribution in [1.82, 2.24) is 10.2 Å². The van der Waals surface area contributed by atoms with Crippen LogP contribution in [0.3, 0.4) is 0 Å². The number of nitrogens with zero attached hydrogens (tertiary/aromatic N) is 1. The summed E-state index contributed by atoms with van der Waals surface area (Å²) < 4.78 is 0. The second-order valence-electron chi connectivity index (χ2n) is 3.73. The summed E-state index contributed by atoms with van der Waals surface area (Å²) in [5.74, 6) is 0.551. The molecule has 1 rings (SSSR count). The topological polar surface area (TPSA) is 58.4 Å². The first kappa shape index (κ1) is 10.5. The summed E-state index contributed by atoms with van der Waals surface area (Å²) in [5, 5.41) is 3.18. The molecule has 0 radical (unpaired) electrons. The number of rotatable bonds is 5. The van der Waals surface area contributed by atoms with Crippen LogP contribution in [0.4, 0.5) is 0 Å². The van der Waals surface area contributed by atoms with Gasteiger partial charge in [-0.2, -0.15) is 0 Å². The fourth-order valence-electron chi connectivity index (χ4n) is 1.84. The Kier molecular flexibility index (Phi) is 4.18. The van der Waals surface area contributed by atoms with E-state index < -0.39 is 0 Å². The number of carbonyl (C=O) groups excluding carboxylic acids is 1. The van der Waals surface area contributed by atoms with E-state index >= 15 is 0 Å². The summed E-state index contributed by atoms with van der Waals surface area (Å²) >= 11 is 0. The Morgan fingerprint density at radius 1 is 1.69 bits per heavy atom. The van der Waals surface area contributed by atoms with E-state index in [1.807, 2.05) is 7.05 Å². The van der Waals surface area contributed by atoms with Crippen LogP contribution in [0, 0.1) is 5.92 Å². The molecule has 0 saturated carbocycles. The van der Waals surface area contributed by atoms with Gasteiger partial charge in [0.05, 0.1) is 0 Å². The minimum atomic E-state index is -0.197. The average molecular weight is 185 g/mol. The minimum Gasteiger partial charge on any atom is -0.370 e. The smallest absolute Gasteiger partial charge is 0.218 e. The van der Waals surface area contributed by atoms with Crippen molar-refractivity contribution in [3.05, 3.63) is 0 Å². The molecular weight excluding hydrogens is 166 g/mol. The van der Waals surface area contributed by atoms with E-state index in [4.69, 9.17) is 5.73 Å². The first-order chi connectivity index (χ1) is 6.22. The van der Waals surface area contributed by atoms with E-state index in [0.717, 1.165) is 32.1 Å². The van der Waals surface area contributed by atoms with Crippen molar-refractivity contribution in [3.8, 4) is 0 Å². The molecule has 1 unspecified atom stereocenters. The average Bonchev–Trinajstić information content (AvgIpc) is 2.50. The van der Waals surface area contributed by atoms with Gasteiger partial charge < -0.3 is 16.0 Å². The summed E-state index contributed by atoms with van der Waals surface area (Å²) in [6, 6.07) is 0. The van der Waals surface area contributed by atoms with Crippen molar-refractivity contribution in [3.63, 3.8) is 0 Å². The summed E-state index contributed by atoms with van der Waals surface area (Å²) in [6.07, 6.45) is 1.73. The number of primary amides is 1. The van der Waals surface area contributed by atoms with Crippen molar-refractivity contribution in [2.45, 2.75) is 12.8 Å². The lowest BCUT2D eigenvalue weighted by Gasteiger charge is -2.14. The SMILES string of the molecule is CNCC1CCN(CCC(N)=O)C1. The first-order valence-electron chi connectivity index (χ1n) is 4.87. The quantitative estimate of drug-likeness (QED) is 0.601. The molecule has 4 nitrogen and oxygen atoms in total. The molecule has 1 aliphatic heterocycles. The number of likely N-dealkylation sites (tertiary alicyclic amines) is 1. The second-order valence-corrected chi connectivity index (χ2v) is 3.73. The van der Waals surface area contributed by atoms with Gasteiger partial charge in [0.1, 0.15) is 0 Å². The maximum absolute atomic E-state index is 10.5. The van der Waals surface area contributed by atoms with E-state index in [9.17, 15) is 4.79 Å². The van der Waals surface area contributed by atoms with E-state index in [-0.39, 0.29) is 5.91 Å². The van der Waals surface area contributed by atoms with Gasteiger partial charge in [-0.3, -0.25) is 4.79 Å². The summed E-state index contributed by atoms with van der Waals surface area (Å²) in [5.41, 5.74) is 5.09. The van der Waals surface area contributed by atoms with Crippen LogP contribution in [-0.2, 0) is 4.79 Å². The highest BCUT2D eigenvalue weighted by atomic mass is 16.1. The molecular formula is C9H19N3O. The predicted octanol–water partition coefficient (Wildman–Crippen LogP) is -0.597. The van der Waals surface area contributed by atoms with Crippen LogP contribution < -0.4 is 11.1 Å². The van der Waals surface area contributed by atoms with Crippen LogP contribution in [-0.4, -0.2) is 44.0 Å². The molecule has 0 aromatic carbocycles. The molecule has 76 valence electrons. The van der Waals surface area contributed by atoms with E-state index in [1.54, 1.807) is 0 Å². The minimum absolute atomic E-state index is 0.197. The molecule has 0 aromatic rings. The molecule has 1 saturated heterocycles. The molecule has 13 heavy (non-hydrogen) atoms.